The zero-order chi connectivity index (χ0) is 13.1. The number of aromatic nitrogens is 2. The fourth-order valence-corrected chi connectivity index (χ4v) is 2.02. The highest BCUT2D eigenvalue weighted by Gasteiger charge is 2.10. The van der Waals surface area contributed by atoms with Gasteiger partial charge in [-0.15, -0.1) is 0 Å². The molecule has 2 aromatic heterocycles. The standard InChI is InChI=1S/C12H9BrClN3O/c1-7-5-8(6-10(14)16-7)12(18)17-11-9(13)3-2-4-15-11/h2-6H,1H3,(H,15,17,18). The van der Waals surface area contributed by atoms with Gasteiger partial charge in [0.2, 0.25) is 0 Å². The van der Waals surface area contributed by atoms with Gasteiger partial charge in [-0.3, -0.25) is 4.79 Å². The first-order chi connectivity index (χ1) is 8.56. The summed E-state index contributed by atoms with van der Waals surface area (Å²) < 4.78 is 0.718. The lowest BCUT2D eigenvalue weighted by Crippen LogP contribution is -2.13. The van der Waals surface area contributed by atoms with E-state index in [0.29, 0.717) is 22.2 Å². The second-order valence-corrected chi connectivity index (χ2v) is 4.85. The van der Waals surface area contributed by atoms with Crippen LogP contribution in [0.25, 0.3) is 0 Å². The maximum atomic E-state index is 12.0. The highest BCUT2D eigenvalue weighted by molar-refractivity contribution is 9.10. The molecule has 1 N–H and O–H groups in total. The zero-order valence-electron chi connectivity index (χ0n) is 9.45. The molecule has 0 saturated heterocycles. The van der Waals surface area contributed by atoms with Crippen LogP contribution in [0.2, 0.25) is 5.15 Å². The Balaban J connectivity index is 2.25. The molecule has 0 saturated carbocycles. The molecule has 0 spiro atoms. The third-order valence-corrected chi connectivity index (χ3v) is 3.01. The van der Waals surface area contributed by atoms with Gasteiger partial charge < -0.3 is 5.32 Å². The molecule has 0 aromatic carbocycles. The van der Waals surface area contributed by atoms with E-state index in [1.54, 1.807) is 31.3 Å². The Morgan fingerprint density at radius 3 is 2.89 bits per heavy atom. The summed E-state index contributed by atoms with van der Waals surface area (Å²) in [6.45, 7) is 1.78. The number of nitrogens with zero attached hydrogens (tertiary/aromatic N) is 2. The molecule has 0 atom stereocenters. The Labute approximate surface area is 118 Å². The van der Waals surface area contributed by atoms with Crippen LogP contribution in [0.15, 0.2) is 34.9 Å². The van der Waals surface area contributed by atoms with Gasteiger partial charge in [-0.2, -0.15) is 0 Å². The summed E-state index contributed by atoms with van der Waals surface area (Å²) in [5.41, 5.74) is 1.14. The largest absolute Gasteiger partial charge is 0.306 e. The summed E-state index contributed by atoms with van der Waals surface area (Å²) in [5.74, 6) is 0.190. The second-order valence-electron chi connectivity index (χ2n) is 3.61. The van der Waals surface area contributed by atoms with Crippen molar-refractivity contribution < 1.29 is 4.79 Å². The first-order valence-corrected chi connectivity index (χ1v) is 6.29. The van der Waals surface area contributed by atoms with Gasteiger partial charge in [0.05, 0.1) is 4.47 Å². The lowest BCUT2D eigenvalue weighted by atomic mass is 10.2. The average molecular weight is 327 g/mol. The van der Waals surface area contributed by atoms with Crippen LogP contribution in [0.3, 0.4) is 0 Å². The SMILES string of the molecule is Cc1cc(C(=O)Nc2ncccc2Br)cc(Cl)n1. The number of carbonyl (C=O) groups is 1. The fourth-order valence-electron chi connectivity index (χ4n) is 1.42. The molecule has 2 heterocycles. The topological polar surface area (TPSA) is 54.9 Å². The number of amides is 1. The fraction of sp³-hybridized carbons (Fsp3) is 0.0833. The maximum absolute atomic E-state index is 12.0. The Bertz CT molecular complexity index is 583. The van der Waals surface area contributed by atoms with Gasteiger partial charge in [0.1, 0.15) is 11.0 Å². The maximum Gasteiger partial charge on any atom is 0.257 e. The van der Waals surface area contributed by atoms with E-state index < -0.39 is 0 Å². The Kier molecular flexibility index (Phi) is 3.93. The first-order valence-electron chi connectivity index (χ1n) is 5.12. The van der Waals surface area contributed by atoms with E-state index in [9.17, 15) is 4.79 Å². The number of halogens is 2. The molecule has 0 unspecified atom stereocenters. The summed E-state index contributed by atoms with van der Waals surface area (Å²) in [5, 5.41) is 2.99. The summed E-state index contributed by atoms with van der Waals surface area (Å²) in [4.78, 5) is 20.1. The third-order valence-electron chi connectivity index (χ3n) is 2.17. The third kappa shape index (κ3) is 3.05. The lowest BCUT2D eigenvalue weighted by Gasteiger charge is -2.06. The minimum Gasteiger partial charge on any atom is -0.306 e. The minimum absolute atomic E-state index is 0.276. The van der Waals surface area contributed by atoms with Crippen molar-refractivity contribution in [1.82, 2.24) is 9.97 Å². The Morgan fingerprint density at radius 1 is 1.44 bits per heavy atom. The van der Waals surface area contributed by atoms with Gasteiger partial charge in [-0.05, 0) is 47.1 Å². The summed E-state index contributed by atoms with van der Waals surface area (Å²) in [7, 11) is 0. The molecule has 2 aromatic rings. The highest BCUT2D eigenvalue weighted by Crippen LogP contribution is 2.19. The smallest absolute Gasteiger partial charge is 0.257 e. The van der Waals surface area contributed by atoms with Crippen LogP contribution in [0.4, 0.5) is 5.82 Å². The van der Waals surface area contributed by atoms with E-state index in [0.717, 1.165) is 4.47 Å². The number of nitrogens with one attached hydrogen (secondary N) is 1. The molecule has 1 amide bonds. The van der Waals surface area contributed by atoms with Crippen molar-refractivity contribution in [3.8, 4) is 0 Å². The molecule has 0 bridgehead atoms. The highest BCUT2D eigenvalue weighted by atomic mass is 79.9. The summed E-state index contributed by atoms with van der Waals surface area (Å²) in [6.07, 6.45) is 1.60. The minimum atomic E-state index is -0.276. The van der Waals surface area contributed by atoms with Gasteiger partial charge >= 0.3 is 0 Å². The van der Waals surface area contributed by atoms with Crippen LogP contribution in [0.1, 0.15) is 16.1 Å². The molecular weight excluding hydrogens is 318 g/mol. The van der Waals surface area contributed by atoms with E-state index in [4.69, 9.17) is 11.6 Å². The van der Waals surface area contributed by atoms with Crippen LogP contribution in [0, 0.1) is 6.92 Å². The molecule has 18 heavy (non-hydrogen) atoms. The molecule has 4 nitrogen and oxygen atoms in total. The molecule has 92 valence electrons. The van der Waals surface area contributed by atoms with E-state index in [-0.39, 0.29) is 5.91 Å². The summed E-state index contributed by atoms with van der Waals surface area (Å²) >= 11 is 9.12. The predicted molar refractivity (Wildman–Crippen MR) is 73.9 cm³/mol. The molecule has 0 aliphatic heterocycles. The number of anilines is 1. The predicted octanol–water partition coefficient (Wildman–Crippen LogP) is 3.45. The normalized spacial score (nSPS) is 10.2. The number of hydrogen-bond acceptors (Lipinski definition) is 3. The van der Waals surface area contributed by atoms with Crippen LogP contribution >= 0.6 is 27.5 Å². The first kappa shape index (κ1) is 13.0. The molecular formula is C12H9BrClN3O. The van der Waals surface area contributed by atoms with Crippen molar-refractivity contribution in [3.05, 3.63) is 51.3 Å². The van der Waals surface area contributed by atoms with Crippen molar-refractivity contribution in [1.29, 1.82) is 0 Å². The number of hydrogen-bond donors (Lipinski definition) is 1. The molecule has 2 rings (SSSR count). The monoisotopic (exact) mass is 325 g/mol. The van der Waals surface area contributed by atoms with Crippen LogP contribution in [-0.4, -0.2) is 15.9 Å². The Hall–Kier alpha value is -1.46. The second kappa shape index (κ2) is 5.46. The van der Waals surface area contributed by atoms with Gasteiger partial charge in [0.15, 0.2) is 0 Å². The van der Waals surface area contributed by atoms with Crippen molar-refractivity contribution in [3.63, 3.8) is 0 Å². The Morgan fingerprint density at radius 2 is 2.22 bits per heavy atom. The summed E-state index contributed by atoms with van der Waals surface area (Å²) in [6, 6.07) is 6.75. The number of pyridine rings is 2. The van der Waals surface area contributed by atoms with Crippen LogP contribution in [0.5, 0.6) is 0 Å². The molecule has 0 aliphatic rings. The lowest BCUT2D eigenvalue weighted by molar-refractivity contribution is 0.102. The van der Waals surface area contributed by atoms with Crippen molar-refractivity contribution in [2.45, 2.75) is 6.92 Å². The quantitative estimate of drug-likeness (QED) is 0.860. The van der Waals surface area contributed by atoms with E-state index in [1.807, 2.05) is 0 Å². The van der Waals surface area contributed by atoms with E-state index >= 15 is 0 Å². The number of rotatable bonds is 2. The van der Waals surface area contributed by atoms with Crippen molar-refractivity contribution in [2.75, 3.05) is 5.32 Å². The zero-order valence-corrected chi connectivity index (χ0v) is 11.8. The molecule has 6 heteroatoms. The van der Waals surface area contributed by atoms with Gasteiger partial charge in [-0.1, -0.05) is 11.6 Å². The number of carbonyl (C=O) groups excluding carboxylic acids is 1. The average Bonchev–Trinajstić information content (AvgIpc) is 2.31. The van der Waals surface area contributed by atoms with Gasteiger partial charge in [0, 0.05) is 17.5 Å². The van der Waals surface area contributed by atoms with Crippen molar-refractivity contribution >= 4 is 39.3 Å². The van der Waals surface area contributed by atoms with Gasteiger partial charge in [0.25, 0.3) is 5.91 Å². The van der Waals surface area contributed by atoms with Crippen molar-refractivity contribution in [2.24, 2.45) is 0 Å². The molecule has 0 aliphatic carbocycles. The van der Waals surface area contributed by atoms with E-state index in [2.05, 4.69) is 31.2 Å². The molecule has 0 radical (unpaired) electrons. The van der Waals surface area contributed by atoms with E-state index in [1.165, 1.54) is 6.07 Å². The van der Waals surface area contributed by atoms with Gasteiger partial charge in [-0.25, -0.2) is 9.97 Å². The van der Waals surface area contributed by atoms with Crippen LogP contribution < -0.4 is 5.32 Å². The van der Waals surface area contributed by atoms with Crippen LogP contribution in [-0.2, 0) is 0 Å². The molecule has 0 fully saturated rings. The number of aryl methyl sites for hydroxylation is 1.